The number of carbonyl (C=O) groups is 1. The molecule has 1 rings (SSSR count). The van der Waals surface area contributed by atoms with Crippen molar-refractivity contribution in [3.05, 3.63) is 18.1 Å². The quantitative estimate of drug-likeness (QED) is 0.648. The van der Waals surface area contributed by atoms with Crippen LogP contribution < -0.4 is 5.32 Å². The van der Waals surface area contributed by atoms with Crippen molar-refractivity contribution in [3.63, 3.8) is 0 Å². The molecule has 18 heavy (non-hydrogen) atoms. The van der Waals surface area contributed by atoms with Crippen LogP contribution in [0.1, 0.15) is 10.6 Å². The average Bonchev–Trinajstić information content (AvgIpc) is 2.35. The van der Waals surface area contributed by atoms with Crippen molar-refractivity contribution in [2.45, 2.75) is 12.3 Å². The van der Waals surface area contributed by atoms with E-state index in [9.17, 15) is 22.4 Å². The lowest BCUT2D eigenvalue weighted by molar-refractivity contribution is -0.117. The van der Waals surface area contributed by atoms with Crippen molar-refractivity contribution in [2.75, 3.05) is 19.0 Å². The Labute approximate surface area is 99.2 Å². The maximum absolute atomic E-state index is 12.6. The van der Waals surface area contributed by atoms with Crippen molar-refractivity contribution < 1.29 is 27.1 Å². The molecule has 0 amide bonds. The first-order valence-electron chi connectivity index (χ1n) is 4.68. The summed E-state index contributed by atoms with van der Waals surface area (Å²) in [5.41, 5.74) is 0. The van der Waals surface area contributed by atoms with Crippen LogP contribution in [0.2, 0.25) is 0 Å². The third-order valence-corrected chi connectivity index (χ3v) is 1.85. The van der Waals surface area contributed by atoms with Crippen LogP contribution in [-0.4, -0.2) is 41.9 Å². The molecule has 100 valence electrons. The molecule has 1 heterocycles. The van der Waals surface area contributed by atoms with E-state index in [0.717, 1.165) is 19.4 Å². The normalized spacial score (nSPS) is 11.4. The van der Waals surface area contributed by atoms with Gasteiger partial charge in [-0.2, -0.15) is 8.78 Å². The summed E-state index contributed by atoms with van der Waals surface area (Å²) in [6, 6.07) is 1.16. The number of hydrogen-bond acceptors (Lipinski definition) is 5. The van der Waals surface area contributed by atoms with Gasteiger partial charge in [-0.15, -0.1) is 0 Å². The zero-order valence-corrected chi connectivity index (χ0v) is 9.16. The number of ether oxygens (including phenoxy) is 1. The van der Waals surface area contributed by atoms with Gasteiger partial charge in [-0.25, -0.2) is 23.5 Å². The highest BCUT2D eigenvalue weighted by molar-refractivity contribution is 5.85. The molecule has 0 unspecified atom stereocenters. The summed E-state index contributed by atoms with van der Waals surface area (Å²) in [4.78, 5) is 18.1. The number of aromatic nitrogens is 2. The highest BCUT2D eigenvalue weighted by atomic mass is 19.3. The molecular formula is C9H9F4N3O2. The largest absolute Gasteiger partial charge is 0.463 e. The second kappa shape index (κ2) is 5.61. The molecule has 0 atom stereocenters. The molecule has 0 aliphatic rings. The molecule has 1 N–H and O–H groups in total. The van der Waals surface area contributed by atoms with Crippen LogP contribution in [0.15, 0.2) is 12.3 Å². The Morgan fingerprint density at radius 2 is 2.22 bits per heavy atom. The molecule has 1 aromatic heterocycles. The summed E-state index contributed by atoms with van der Waals surface area (Å²) in [7, 11) is 1.09. The van der Waals surface area contributed by atoms with Crippen LogP contribution in [-0.2, 0) is 4.74 Å². The zero-order chi connectivity index (χ0) is 13.8. The van der Waals surface area contributed by atoms with E-state index in [2.05, 4.69) is 14.7 Å². The van der Waals surface area contributed by atoms with E-state index >= 15 is 0 Å². The Morgan fingerprint density at radius 3 is 2.78 bits per heavy atom. The lowest BCUT2D eigenvalue weighted by atomic mass is 10.3. The molecule has 0 radical (unpaired) electrons. The Bertz CT molecular complexity index is 428. The first-order chi connectivity index (χ1) is 8.36. The SMILES string of the molecule is COC(=O)c1nccc(NCC(F)(F)C(F)F)n1. The van der Waals surface area contributed by atoms with Crippen LogP contribution in [0.3, 0.4) is 0 Å². The number of anilines is 1. The number of nitrogens with one attached hydrogen (secondary N) is 1. The highest BCUT2D eigenvalue weighted by Gasteiger charge is 2.40. The standard InChI is InChI=1S/C9H9F4N3O2/c1-18-7(17)6-14-3-2-5(16-6)15-4-9(12,13)8(10)11/h2-3,8H,4H2,1H3,(H,14,15,16). The molecule has 0 aliphatic carbocycles. The van der Waals surface area contributed by atoms with Gasteiger partial charge >= 0.3 is 18.3 Å². The van der Waals surface area contributed by atoms with Gasteiger partial charge in [0, 0.05) is 6.20 Å². The summed E-state index contributed by atoms with van der Waals surface area (Å²) >= 11 is 0. The van der Waals surface area contributed by atoms with Gasteiger partial charge in [-0.3, -0.25) is 0 Å². The van der Waals surface area contributed by atoms with E-state index in [0.29, 0.717) is 0 Å². The molecule has 5 nitrogen and oxygen atoms in total. The zero-order valence-electron chi connectivity index (χ0n) is 9.16. The Morgan fingerprint density at radius 1 is 1.56 bits per heavy atom. The predicted octanol–water partition coefficient (Wildman–Crippen LogP) is 1.58. The summed E-state index contributed by atoms with van der Waals surface area (Å²) in [6.07, 6.45) is -2.67. The second-order valence-corrected chi connectivity index (χ2v) is 3.17. The van der Waals surface area contributed by atoms with Crippen molar-refractivity contribution in [1.82, 2.24) is 9.97 Å². The number of rotatable bonds is 5. The van der Waals surface area contributed by atoms with Gasteiger partial charge in [0.1, 0.15) is 5.82 Å². The first kappa shape index (κ1) is 14.1. The lowest BCUT2D eigenvalue weighted by Gasteiger charge is -2.16. The van der Waals surface area contributed by atoms with E-state index in [4.69, 9.17) is 0 Å². The van der Waals surface area contributed by atoms with Crippen LogP contribution in [0.25, 0.3) is 0 Å². The van der Waals surface area contributed by atoms with Crippen LogP contribution in [0.5, 0.6) is 0 Å². The summed E-state index contributed by atoms with van der Waals surface area (Å²) in [5.74, 6) is -5.58. The summed E-state index contributed by atoms with van der Waals surface area (Å²) in [6.45, 7) is -1.30. The van der Waals surface area contributed by atoms with Crippen molar-refractivity contribution in [1.29, 1.82) is 0 Å². The fraction of sp³-hybridized carbons (Fsp3) is 0.444. The van der Waals surface area contributed by atoms with Gasteiger partial charge in [-0.1, -0.05) is 0 Å². The summed E-state index contributed by atoms with van der Waals surface area (Å²) < 4.78 is 53.3. The van der Waals surface area contributed by atoms with Crippen molar-refractivity contribution >= 4 is 11.8 Å². The predicted molar refractivity (Wildman–Crippen MR) is 52.8 cm³/mol. The molecule has 0 aliphatic heterocycles. The van der Waals surface area contributed by atoms with Gasteiger partial charge in [-0.05, 0) is 6.07 Å². The Balaban J connectivity index is 2.72. The van der Waals surface area contributed by atoms with Gasteiger partial charge in [0.05, 0.1) is 13.7 Å². The molecule has 0 saturated carbocycles. The second-order valence-electron chi connectivity index (χ2n) is 3.17. The Kier molecular flexibility index (Phi) is 4.40. The van der Waals surface area contributed by atoms with E-state index in [-0.39, 0.29) is 11.6 Å². The van der Waals surface area contributed by atoms with E-state index in [1.54, 1.807) is 0 Å². The van der Waals surface area contributed by atoms with Crippen molar-refractivity contribution in [3.8, 4) is 0 Å². The van der Waals surface area contributed by atoms with E-state index in [1.807, 2.05) is 5.32 Å². The minimum Gasteiger partial charge on any atom is -0.463 e. The fourth-order valence-electron chi connectivity index (χ4n) is 0.932. The van der Waals surface area contributed by atoms with Crippen LogP contribution in [0, 0.1) is 0 Å². The first-order valence-corrected chi connectivity index (χ1v) is 4.68. The number of nitrogens with zero attached hydrogens (tertiary/aromatic N) is 2. The van der Waals surface area contributed by atoms with Crippen LogP contribution >= 0.6 is 0 Å². The molecular weight excluding hydrogens is 258 g/mol. The maximum Gasteiger partial charge on any atom is 0.376 e. The smallest absolute Gasteiger partial charge is 0.376 e. The molecule has 9 heteroatoms. The van der Waals surface area contributed by atoms with Crippen molar-refractivity contribution in [2.24, 2.45) is 0 Å². The van der Waals surface area contributed by atoms with Gasteiger partial charge in [0.2, 0.25) is 5.82 Å². The van der Waals surface area contributed by atoms with Gasteiger partial charge in [0.15, 0.2) is 0 Å². The molecule has 0 fully saturated rings. The topological polar surface area (TPSA) is 64.1 Å². The minimum atomic E-state index is -4.18. The monoisotopic (exact) mass is 267 g/mol. The molecule has 0 spiro atoms. The van der Waals surface area contributed by atoms with Crippen LogP contribution in [0.4, 0.5) is 23.4 Å². The average molecular weight is 267 g/mol. The number of methoxy groups -OCH3 is 1. The fourth-order valence-corrected chi connectivity index (χ4v) is 0.932. The van der Waals surface area contributed by atoms with Gasteiger partial charge < -0.3 is 10.1 Å². The number of halogens is 4. The third kappa shape index (κ3) is 3.54. The summed E-state index contributed by atoms with van der Waals surface area (Å²) in [5, 5.41) is 2.00. The lowest BCUT2D eigenvalue weighted by Crippen LogP contribution is -2.35. The number of esters is 1. The highest BCUT2D eigenvalue weighted by Crippen LogP contribution is 2.22. The minimum absolute atomic E-state index is 0.175. The van der Waals surface area contributed by atoms with Gasteiger partial charge in [0.25, 0.3) is 0 Å². The molecule has 0 aromatic carbocycles. The maximum atomic E-state index is 12.6. The molecule has 1 aromatic rings. The van der Waals surface area contributed by atoms with E-state index < -0.39 is 24.9 Å². The number of hydrogen-bond donors (Lipinski definition) is 1. The molecule has 0 bridgehead atoms. The number of carbonyl (C=O) groups excluding carboxylic acids is 1. The number of alkyl halides is 4. The third-order valence-electron chi connectivity index (χ3n) is 1.85. The van der Waals surface area contributed by atoms with E-state index in [1.165, 1.54) is 0 Å². The molecule has 0 saturated heterocycles. The Hall–Kier alpha value is -1.93.